The largest absolute Gasteiger partial charge is 0.465 e. The summed E-state index contributed by atoms with van der Waals surface area (Å²) in [6.07, 6.45) is -4.61. The van der Waals surface area contributed by atoms with Crippen molar-refractivity contribution in [3.8, 4) is 0 Å². The van der Waals surface area contributed by atoms with Gasteiger partial charge in [-0.05, 0) is 30.7 Å². The maximum atomic E-state index is 12.8. The van der Waals surface area contributed by atoms with E-state index in [1.54, 1.807) is 0 Å². The summed E-state index contributed by atoms with van der Waals surface area (Å²) < 4.78 is 47.7. The lowest BCUT2D eigenvalue weighted by atomic mass is 10.1. The Morgan fingerprint density at radius 3 is 2.26 bits per heavy atom. The predicted molar refractivity (Wildman–Crippen MR) is 91.1 cm³/mol. The normalized spacial score (nSPS) is 11.0. The van der Waals surface area contributed by atoms with E-state index < -0.39 is 29.6 Å². The molecule has 1 amide bonds. The van der Waals surface area contributed by atoms with E-state index in [0.717, 1.165) is 37.7 Å². The molecule has 0 radical (unpaired) electrons. The lowest BCUT2D eigenvalue weighted by Crippen LogP contribution is -2.15. The smallest absolute Gasteiger partial charge is 0.416 e. The number of rotatable bonds is 4. The van der Waals surface area contributed by atoms with Crippen molar-refractivity contribution in [2.75, 3.05) is 19.5 Å². The van der Waals surface area contributed by atoms with Crippen LogP contribution in [0.15, 0.2) is 24.3 Å². The van der Waals surface area contributed by atoms with Gasteiger partial charge in [0.25, 0.3) is 5.91 Å². The number of carbonyl (C=O) groups is 3. The Hall–Kier alpha value is -2.88. The maximum absolute atomic E-state index is 12.8. The number of hydrogen-bond acceptors (Lipinski definition) is 6. The zero-order valence-electron chi connectivity index (χ0n) is 14.4. The fourth-order valence-corrected chi connectivity index (χ4v) is 3.36. The monoisotopic (exact) mass is 401 g/mol. The highest BCUT2D eigenvalue weighted by molar-refractivity contribution is 7.18. The molecule has 0 atom stereocenters. The third kappa shape index (κ3) is 4.27. The van der Waals surface area contributed by atoms with Gasteiger partial charge in [-0.15, -0.1) is 11.3 Å². The highest BCUT2D eigenvalue weighted by Gasteiger charge is 2.31. The van der Waals surface area contributed by atoms with Gasteiger partial charge in [-0.2, -0.15) is 13.2 Å². The topological polar surface area (TPSA) is 81.7 Å². The molecule has 0 fully saturated rings. The molecule has 1 aromatic heterocycles. The number of amides is 1. The van der Waals surface area contributed by atoms with Gasteiger partial charge in [0, 0.05) is 5.56 Å². The van der Waals surface area contributed by atoms with Gasteiger partial charge in [-0.25, -0.2) is 9.59 Å². The lowest BCUT2D eigenvalue weighted by molar-refractivity contribution is -0.137. The van der Waals surface area contributed by atoms with Crippen molar-refractivity contribution >= 4 is 34.2 Å². The molecule has 0 spiro atoms. The number of alkyl halides is 3. The van der Waals surface area contributed by atoms with Gasteiger partial charge >= 0.3 is 18.1 Å². The van der Waals surface area contributed by atoms with Crippen LogP contribution >= 0.6 is 11.3 Å². The summed E-state index contributed by atoms with van der Waals surface area (Å²) in [5.41, 5.74) is -1.08. The second-order valence-corrected chi connectivity index (χ2v) is 6.30. The summed E-state index contributed by atoms with van der Waals surface area (Å²) in [7, 11) is 2.27. The van der Waals surface area contributed by atoms with Gasteiger partial charge in [0.2, 0.25) is 0 Å². The molecule has 6 nitrogen and oxygen atoms in total. The fourth-order valence-electron chi connectivity index (χ4n) is 2.25. The SMILES string of the molecule is COC(=O)c1sc(NC(=O)c2cccc(C(F)(F)F)c2)c(C(=O)OC)c1C. The number of esters is 2. The van der Waals surface area contributed by atoms with Gasteiger partial charge in [0.15, 0.2) is 0 Å². The first-order chi connectivity index (χ1) is 12.6. The summed E-state index contributed by atoms with van der Waals surface area (Å²) in [4.78, 5) is 36.3. The molecule has 1 aromatic carbocycles. The molecule has 0 aliphatic rings. The third-order valence-corrected chi connectivity index (χ3v) is 4.77. The average Bonchev–Trinajstić information content (AvgIpc) is 2.95. The van der Waals surface area contributed by atoms with Crippen LogP contribution < -0.4 is 5.32 Å². The van der Waals surface area contributed by atoms with E-state index in [9.17, 15) is 27.6 Å². The van der Waals surface area contributed by atoms with Crippen LogP contribution in [0.25, 0.3) is 0 Å². The molecule has 0 bridgehead atoms. The lowest BCUT2D eigenvalue weighted by Gasteiger charge is -2.09. The minimum atomic E-state index is -4.61. The Bertz CT molecular complexity index is 904. The van der Waals surface area contributed by atoms with Crippen molar-refractivity contribution in [2.24, 2.45) is 0 Å². The second kappa shape index (κ2) is 7.78. The highest BCUT2D eigenvalue weighted by Crippen LogP contribution is 2.35. The van der Waals surface area contributed by atoms with Crippen LogP contribution in [0.5, 0.6) is 0 Å². The molecule has 2 aromatic rings. The number of nitrogens with one attached hydrogen (secondary N) is 1. The van der Waals surface area contributed by atoms with Crippen LogP contribution in [0.1, 0.15) is 41.5 Å². The number of ether oxygens (including phenoxy) is 2. The minimum absolute atomic E-state index is 0.0258. The van der Waals surface area contributed by atoms with Crippen LogP contribution in [-0.2, 0) is 15.7 Å². The van der Waals surface area contributed by atoms with Gasteiger partial charge in [0.05, 0.1) is 25.3 Å². The fraction of sp³-hybridized carbons (Fsp3) is 0.235. The van der Waals surface area contributed by atoms with Gasteiger partial charge < -0.3 is 14.8 Å². The Morgan fingerprint density at radius 2 is 1.70 bits per heavy atom. The Morgan fingerprint density at radius 1 is 1.07 bits per heavy atom. The van der Waals surface area contributed by atoms with Crippen LogP contribution in [-0.4, -0.2) is 32.1 Å². The minimum Gasteiger partial charge on any atom is -0.465 e. The van der Waals surface area contributed by atoms with E-state index in [-0.39, 0.29) is 26.6 Å². The molecule has 0 saturated heterocycles. The molecular formula is C17H14F3NO5S. The Balaban J connectivity index is 2.43. The average molecular weight is 401 g/mol. The van der Waals surface area contributed by atoms with Crippen molar-refractivity contribution in [3.63, 3.8) is 0 Å². The van der Waals surface area contributed by atoms with Crippen molar-refractivity contribution in [1.82, 2.24) is 0 Å². The number of hydrogen-bond donors (Lipinski definition) is 1. The van der Waals surface area contributed by atoms with E-state index in [4.69, 9.17) is 0 Å². The molecular weight excluding hydrogens is 387 g/mol. The summed E-state index contributed by atoms with van der Waals surface area (Å²) in [5, 5.41) is 2.34. The summed E-state index contributed by atoms with van der Waals surface area (Å²) in [6.45, 7) is 1.47. The van der Waals surface area contributed by atoms with E-state index in [0.29, 0.717) is 6.07 Å². The van der Waals surface area contributed by atoms with Crippen LogP contribution in [0.3, 0.4) is 0 Å². The zero-order chi connectivity index (χ0) is 20.4. The van der Waals surface area contributed by atoms with Crippen molar-refractivity contribution in [2.45, 2.75) is 13.1 Å². The summed E-state index contributed by atoms with van der Waals surface area (Å²) in [5.74, 6) is -2.40. The molecule has 10 heteroatoms. The number of benzene rings is 1. The molecule has 0 unspecified atom stereocenters. The standard InChI is InChI=1S/C17H14F3NO5S/c1-8-11(15(23)25-2)14(27-12(8)16(24)26-3)21-13(22)9-5-4-6-10(7-9)17(18,19)20/h4-7H,1-3H3,(H,21,22). The van der Waals surface area contributed by atoms with Crippen molar-refractivity contribution in [3.05, 3.63) is 51.4 Å². The molecule has 0 aliphatic carbocycles. The van der Waals surface area contributed by atoms with Gasteiger partial charge in [-0.1, -0.05) is 6.07 Å². The molecule has 144 valence electrons. The first-order valence-electron chi connectivity index (χ1n) is 7.38. The van der Waals surface area contributed by atoms with Crippen molar-refractivity contribution < 1.29 is 37.0 Å². The molecule has 0 aliphatic heterocycles. The molecule has 27 heavy (non-hydrogen) atoms. The number of thiophene rings is 1. The molecule has 1 heterocycles. The quantitative estimate of drug-likeness (QED) is 0.786. The number of halogens is 3. The maximum Gasteiger partial charge on any atom is 0.416 e. The van der Waals surface area contributed by atoms with E-state index in [2.05, 4.69) is 14.8 Å². The zero-order valence-corrected chi connectivity index (χ0v) is 15.2. The number of anilines is 1. The first-order valence-corrected chi connectivity index (χ1v) is 8.20. The van der Waals surface area contributed by atoms with Crippen LogP contribution in [0.2, 0.25) is 0 Å². The van der Waals surface area contributed by atoms with Crippen LogP contribution in [0.4, 0.5) is 18.2 Å². The third-order valence-electron chi connectivity index (χ3n) is 3.59. The second-order valence-electron chi connectivity index (χ2n) is 5.28. The summed E-state index contributed by atoms with van der Waals surface area (Å²) >= 11 is 0.766. The highest BCUT2D eigenvalue weighted by atomic mass is 32.1. The van der Waals surface area contributed by atoms with Gasteiger partial charge in [-0.3, -0.25) is 4.79 Å². The molecule has 0 saturated carbocycles. The molecule has 2 rings (SSSR count). The van der Waals surface area contributed by atoms with E-state index >= 15 is 0 Å². The van der Waals surface area contributed by atoms with Gasteiger partial charge in [0.1, 0.15) is 9.88 Å². The van der Waals surface area contributed by atoms with E-state index in [1.165, 1.54) is 13.0 Å². The molecule has 1 N–H and O–H groups in total. The predicted octanol–water partition coefficient (Wildman–Crippen LogP) is 3.90. The Kier molecular flexibility index (Phi) is 5.89. The van der Waals surface area contributed by atoms with Crippen LogP contribution in [0, 0.1) is 6.92 Å². The Labute approximate surface area is 155 Å². The first kappa shape index (κ1) is 20.4. The summed E-state index contributed by atoms with van der Waals surface area (Å²) in [6, 6.07) is 3.82. The number of methoxy groups -OCH3 is 2. The number of carbonyl (C=O) groups excluding carboxylic acids is 3. The van der Waals surface area contributed by atoms with Crippen molar-refractivity contribution in [1.29, 1.82) is 0 Å². The van der Waals surface area contributed by atoms with E-state index in [1.807, 2.05) is 0 Å².